The van der Waals surface area contributed by atoms with Gasteiger partial charge in [-0.3, -0.25) is 4.90 Å². The van der Waals surface area contributed by atoms with Gasteiger partial charge >= 0.3 is 0 Å². The molecule has 1 aromatic heterocycles. The van der Waals surface area contributed by atoms with Crippen LogP contribution in [0.3, 0.4) is 0 Å². The predicted octanol–water partition coefficient (Wildman–Crippen LogP) is 2.92. The maximum atomic E-state index is 13.8. The van der Waals surface area contributed by atoms with Crippen molar-refractivity contribution in [2.24, 2.45) is 0 Å². The van der Waals surface area contributed by atoms with Crippen molar-refractivity contribution in [3.05, 3.63) is 59.3 Å². The third-order valence-electron chi connectivity index (χ3n) is 2.65. The van der Waals surface area contributed by atoms with Crippen LogP contribution in [0.4, 0.5) is 4.39 Å². The molecule has 0 aliphatic rings. The van der Waals surface area contributed by atoms with Gasteiger partial charge in [0.25, 0.3) is 0 Å². The van der Waals surface area contributed by atoms with E-state index in [1.165, 1.54) is 6.07 Å². The maximum Gasteiger partial charge on any atom is 0.145 e. The van der Waals surface area contributed by atoms with E-state index in [1.54, 1.807) is 18.4 Å². The third kappa shape index (κ3) is 2.76. The molecule has 2 rings (SSSR count). The molecule has 0 N–H and O–H groups in total. The van der Waals surface area contributed by atoms with Gasteiger partial charge in [0.1, 0.15) is 17.6 Å². The van der Waals surface area contributed by atoms with Gasteiger partial charge in [-0.1, -0.05) is 12.1 Å². The Hall–Kier alpha value is -2.12. The van der Waals surface area contributed by atoms with Crippen LogP contribution in [0.5, 0.6) is 0 Å². The molecule has 0 amide bonds. The minimum Gasteiger partial charge on any atom is -0.468 e. The molecule has 3 nitrogen and oxygen atoms in total. The Balaban J connectivity index is 2.08. The standard InChI is InChI=1S/C14H13FN2O/c1-17(10-13-6-3-7-18-13)9-12-5-2-4-11(8-16)14(12)15/h2-7H,9-10H2,1H3. The highest BCUT2D eigenvalue weighted by molar-refractivity contribution is 5.34. The lowest BCUT2D eigenvalue weighted by atomic mass is 10.1. The molecule has 2 aromatic rings. The fraction of sp³-hybridized carbons (Fsp3) is 0.214. The Morgan fingerprint density at radius 1 is 1.28 bits per heavy atom. The number of rotatable bonds is 4. The van der Waals surface area contributed by atoms with Gasteiger partial charge < -0.3 is 4.42 Å². The van der Waals surface area contributed by atoms with Crippen molar-refractivity contribution in [3.63, 3.8) is 0 Å². The molecule has 92 valence electrons. The van der Waals surface area contributed by atoms with Crippen molar-refractivity contribution in [2.75, 3.05) is 7.05 Å². The lowest BCUT2D eigenvalue weighted by Crippen LogP contribution is -2.17. The van der Waals surface area contributed by atoms with Crippen LogP contribution in [0.2, 0.25) is 0 Å². The summed E-state index contributed by atoms with van der Waals surface area (Å²) in [6.07, 6.45) is 1.61. The van der Waals surface area contributed by atoms with Crippen molar-refractivity contribution >= 4 is 0 Å². The summed E-state index contributed by atoms with van der Waals surface area (Å²) in [6, 6.07) is 10.4. The summed E-state index contributed by atoms with van der Waals surface area (Å²) in [5.41, 5.74) is 0.599. The Morgan fingerprint density at radius 3 is 2.78 bits per heavy atom. The van der Waals surface area contributed by atoms with E-state index in [0.29, 0.717) is 18.7 Å². The first-order valence-electron chi connectivity index (χ1n) is 5.59. The van der Waals surface area contributed by atoms with E-state index in [1.807, 2.05) is 30.1 Å². The van der Waals surface area contributed by atoms with Crippen LogP contribution in [0.25, 0.3) is 0 Å². The van der Waals surface area contributed by atoms with E-state index < -0.39 is 5.82 Å². The predicted molar refractivity (Wildman–Crippen MR) is 65.0 cm³/mol. The minimum atomic E-state index is -0.439. The van der Waals surface area contributed by atoms with Gasteiger partial charge in [0.2, 0.25) is 0 Å². The molecule has 1 aromatic carbocycles. The summed E-state index contributed by atoms with van der Waals surface area (Å²) in [7, 11) is 1.88. The van der Waals surface area contributed by atoms with Crippen LogP contribution < -0.4 is 0 Å². The largest absolute Gasteiger partial charge is 0.468 e. The minimum absolute atomic E-state index is 0.0823. The van der Waals surface area contributed by atoms with Gasteiger partial charge in [0.15, 0.2) is 0 Å². The Kier molecular flexibility index (Phi) is 3.75. The monoisotopic (exact) mass is 244 g/mol. The number of hydrogen-bond acceptors (Lipinski definition) is 3. The van der Waals surface area contributed by atoms with Crippen LogP contribution in [0, 0.1) is 17.1 Å². The van der Waals surface area contributed by atoms with Gasteiger partial charge in [-0.15, -0.1) is 0 Å². The normalized spacial score (nSPS) is 10.6. The molecule has 0 saturated carbocycles. The summed E-state index contributed by atoms with van der Waals surface area (Å²) in [5.74, 6) is 0.389. The van der Waals surface area contributed by atoms with Crippen molar-refractivity contribution in [1.82, 2.24) is 4.90 Å². The number of benzene rings is 1. The molecule has 0 bridgehead atoms. The molecule has 0 radical (unpaired) electrons. The molecule has 0 aliphatic carbocycles. The molecule has 0 unspecified atom stereocenters. The second kappa shape index (κ2) is 5.48. The first kappa shape index (κ1) is 12.3. The lowest BCUT2D eigenvalue weighted by molar-refractivity contribution is 0.284. The molecule has 18 heavy (non-hydrogen) atoms. The number of furan rings is 1. The van der Waals surface area contributed by atoms with E-state index in [9.17, 15) is 4.39 Å². The van der Waals surface area contributed by atoms with Crippen molar-refractivity contribution in [2.45, 2.75) is 13.1 Å². The summed E-state index contributed by atoms with van der Waals surface area (Å²) < 4.78 is 19.1. The van der Waals surface area contributed by atoms with Crippen LogP contribution >= 0.6 is 0 Å². The smallest absolute Gasteiger partial charge is 0.145 e. The van der Waals surface area contributed by atoms with E-state index in [-0.39, 0.29) is 5.56 Å². The maximum absolute atomic E-state index is 13.8. The second-order valence-corrected chi connectivity index (χ2v) is 4.14. The molecule has 0 aliphatic heterocycles. The zero-order chi connectivity index (χ0) is 13.0. The molecule has 0 fully saturated rings. The van der Waals surface area contributed by atoms with Crippen LogP contribution in [-0.2, 0) is 13.1 Å². The third-order valence-corrected chi connectivity index (χ3v) is 2.65. The Bertz CT molecular complexity index is 558. The van der Waals surface area contributed by atoms with Crippen LogP contribution in [0.15, 0.2) is 41.0 Å². The molecule has 0 saturated heterocycles. The fourth-order valence-electron chi connectivity index (χ4n) is 1.80. The SMILES string of the molecule is CN(Cc1ccco1)Cc1cccc(C#N)c1F. The molecule has 0 spiro atoms. The molecular formula is C14H13FN2O. The molecule has 1 heterocycles. The Labute approximate surface area is 105 Å². The van der Waals surface area contributed by atoms with Gasteiger partial charge in [-0.25, -0.2) is 4.39 Å². The topological polar surface area (TPSA) is 40.2 Å². The lowest BCUT2D eigenvalue weighted by Gasteiger charge is -2.15. The zero-order valence-electron chi connectivity index (χ0n) is 10.1. The van der Waals surface area contributed by atoms with Gasteiger partial charge in [0, 0.05) is 12.1 Å². The zero-order valence-corrected chi connectivity index (χ0v) is 10.1. The molecular weight excluding hydrogens is 231 g/mol. The number of nitrogens with zero attached hydrogens (tertiary/aromatic N) is 2. The number of nitriles is 1. The van der Waals surface area contributed by atoms with Crippen molar-refractivity contribution < 1.29 is 8.81 Å². The summed E-state index contributed by atoms with van der Waals surface area (Å²) in [4.78, 5) is 1.93. The van der Waals surface area contributed by atoms with Gasteiger partial charge in [-0.2, -0.15) is 5.26 Å². The molecule has 0 atom stereocenters. The quantitative estimate of drug-likeness (QED) is 0.830. The highest BCUT2D eigenvalue weighted by Gasteiger charge is 2.10. The first-order chi connectivity index (χ1) is 8.70. The van der Waals surface area contributed by atoms with Gasteiger partial charge in [-0.05, 0) is 25.2 Å². The van der Waals surface area contributed by atoms with Crippen LogP contribution in [0.1, 0.15) is 16.9 Å². The van der Waals surface area contributed by atoms with E-state index in [4.69, 9.17) is 9.68 Å². The van der Waals surface area contributed by atoms with Crippen molar-refractivity contribution in [1.29, 1.82) is 5.26 Å². The van der Waals surface area contributed by atoms with Crippen LogP contribution in [-0.4, -0.2) is 11.9 Å². The average Bonchev–Trinajstić information content (AvgIpc) is 2.84. The Morgan fingerprint density at radius 2 is 2.11 bits per heavy atom. The van der Waals surface area contributed by atoms with Crippen molar-refractivity contribution in [3.8, 4) is 6.07 Å². The highest BCUT2D eigenvalue weighted by atomic mass is 19.1. The average molecular weight is 244 g/mol. The molecule has 4 heteroatoms. The fourth-order valence-corrected chi connectivity index (χ4v) is 1.80. The number of halogens is 1. The highest BCUT2D eigenvalue weighted by Crippen LogP contribution is 2.15. The van der Waals surface area contributed by atoms with E-state index in [0.717, 1.165) is 5.76 Å². The second-order valence-electron chi connectivity index (χ2n) is 4.14. The summed E-state index contributed by atoms with van der Waals surface area (Å²) in [6.45, 7) is 1.03. The van der Waals surface area contributed by atoms with E-state index in [2.05, 4.69) is 0 Å². The summed E-state index contributed by atoms with van der Waals surface area (Å²) >= 11 is 0. The number of hydrogen-bond donors (Lipinski definition) is 0. The summed E-state index contributed by atoms with van der Waals surface area (Å²) in [5, 5.41) is 8.77. The van der Waals surface area contributed by atoms with Gasteiger partial charge in [0.05, 0.1) is 18.4 Å². The van der Waals surface area contributed by atoms with E-state index >= 15 is 0 Å². The first-order valence-corrected chi connectivity index (χ1v) is 5.59.